The van der Waals surface area contributed by atoms with Crippen LogP contribution >= 0.6 is 0 Å². The molecule has 3 rings (SSSR count). The Bertz CT molecular complexity index is 738. The number of nitrogen functional groups attached to an aromatic ring is 2. The van der Waals surface area contributed by atoms with Gasteiger partial charge in [-0.2, -0.15) is 9.97 Å². The molecule has 0 aromatic carbocycles. The lowest BCUT2D eigenvalue weighted by Crippen LogP contribution is -2.46. The molecule has 120 valence electrons. The minimum Gasteiger partial charge on any atom is -0.390 e. The highest BCUT2D eigenvalue weighted by Gasteiger charge is 2.64. The summed E-state index contributed by atoms with van der Waals surface area (Å²) in [5.74, 6) is -3.16. The van der Waals surface area contributed by atoms with Crippen LogP contribution < -0.4 is 11.5 Å². The SMILES string of the molecule is C[C@]1(F)[C@H](n2cnc3c(N)nc(N)nc32)O[C@](F)(CO)[C@H]1O. The van der Waals surface area contributed by atoms with Crippen molar-refractivity contribution in [3.63, 3.8) is 0 Å². The fourth-order valence-electron chi connectivity index (χ4n) is 2.50. The van der Waals surface area contributed by atoms with Crippen LogP contribution in [0.3, 0.4) is 0 Å². The molecule has 9 nitrogen and oxygen atoms in total. The topological polar surface area (TPSA) is 145 Å². The average molecular weight is 316 g/mol. The number of nitrogens with zero attached hydrogens (tertiary/aromatic N) is 4. The van der Waals surface area contributed by atoms with Crippen molar-refractivity contribution in [2.75, 3.05) is 18.1 Å². The van der Waals surface area contributed by atoms with E-state index < -0.39 is 30.5 Å². The number of alkyl halides is 2. The molecule has 3 heterocycles. The second-order valence-electron chi connectivity index (χ2n) is 5.26. The van der Waals surface area contributed by atoms with E-state index in [2.05, 4.69) is 15.0 Å². The standard InChI is InChI=1S/C11H14F2N6O3/c1-10(12)7(21)11(13,2-20)22-8(10)19-3-16-4-5(14)17-9(15)18-6(4)19/h3,7-8,20-21H,2H2,1H3,(H4,14,15,17,18)/t7-,8+,10+,11+/m0/s1. The number of anilines is 2. The van der Waals surface area contributed by atoms with E-state index in [1.807, 2.05) is 0 Å². The van der Waals surface area contributed by atoms with E-state index in [0.29, 0.717) is 0 Å². The Morgan fingerprint density at radius 3 is 2.68 bits per heavy atom. The van der Waals surface area contributed by atoms with Gasteiger partial charge in [-0.3, -0.25) is 4.57 Å². The van der Waals surface area contributed by atoms with Crippen molar-refractivity contribution in [1.82, 2.24) is 19.5 Å². The molecule has 0 bridgehead atoms. The number of halogens is 2. The fourth-order valence-corrected chi connectivity index (χ4v) is 2.50. The number of hydrogen-bond acceptors (Lipinski definition) is 8. The summed E-state index contributed by atoms with van der Waals surface area (Å²) >= 11 is 0. The smallest absolute Gasteiger partial charge is 0.263 e. The van der Waals surface area contributed by atoms with Crippen molar-refractivity contribution in [3.05, 3.63) is 6.33 Å². The Morgan fingerprint density at radius 1 is 1.41 bits per heavy atom. The third kappa shape index (κ3) is 1.82. The predicted molar refractivity (Wildman–Crippen MR) is 70.7 cm³/mol. The van der Waals surface area contributed by atoms with E-state index >= 15 is 0 Å². The molecule has 1 saturated heterocycles. The van der Waals surface area contributed by atoms with Crippen molar-refractivity contribution < 1.29 is 23.7 Å². The van der Waals surface area contributed by atoms with E-state index in [0.717, 1.165) is 17.8 Å². The van der Waals surface area contributed by atoms with Crippen molar-refractivity contribution >= 4 is 22.9 Å². The maximum absolute atomic E-state index is 14.8. The van der Waals surface area contributed by atoms with Crippen LogP contribution in [0.5, 0.6) is 0 Å². The lowest BCUT2D eigenvalue weighted by atomic mass is 9.97. The van der Waals surface area contributed by atoms with Gasteiger partial charge in [-0.15, -0.1) is 0 Å². The minimum atomic E-state index is -2.95. The van der Waals surface area contributed by atoms with E-state index in [-0.39, 0.29) is 22.9 Å². The summed E-state index contributed by atoms with van der Waals surface area (Å²) in [5, 5.41) is 18.8. The third-order valence-electron chi connectivity index (χ3n) is 3.67. The van der Waals surface area contributed by atoms with E-state index in [9.17, 15) is 13.9 Å². The molecular formula is C11H14F2N6O3. The summed E-state index contributed by atoms with van der Waals surface area (Å²) in [6.45, 7) is -0.269. The van der Waals surface area contributed by atoms with Crippen LogP contribution in [0.25, 0.3) is 11.2 Å². The van der Waals surface area contributed by atoms with Crippen LogP contribution in [0.15, 0.2) is 6.33 Å². The Labute approximate surface area is 122 Å². The number of aromatic nitrogens is 4. The molecule has 1 aliphatic heterocycles. The van der Waals surface area contributed by atoms with Gasteiger partial charge < -0.3 is 26.4 Å². The zero-order valence-corrected chi connectivity index (χ0v) is 11.4. The van der Waals surface area contributed by atoms with Crippen molar-refractivity contribution in [3.8, 4) is 0 Å². The summed E-state index contributed by atoms with van der Waals surface area (Å²) in [5.41, 5.74) is 8.72. The first-order chi connectivity index (χ1) is 10.2. The van der Waals surface area contributed by atoms with E-state index in [1.165, 1.54) is 0 Å². The van der Waals surface area contributed by atoms with E-state index in [4.69, 9.17) is 21.3 Å². The largest absolute Gasteiger partial charge is 0.390 e. The molecule has 1 fully saturated rings. The molecule has 0 amide bonds. The molecule has 1 aliphatic rings. The van der Waals surface area contributed by atoms with Gasteiger partial charge in [0.2, 0.25) is 5.95 Å². The zero-order chi connectivity index (χ0) is 16.3. The highest BCUT2D eigenvalue weighted by atomic mass is 19.2. The number of aliphatic hydroxyl groups excluding tert-OH is 2. The van der Waals surface area contributed by atoms with Crippen molar-refractivity contribution in [2.45, 2.75) is 30.8 Å². The van der Waals surface area contributed by atoms with Crippen LogP contribution in [0.4, 0.5) is 20.5 Å². The number of hydrogen-bond donors (Lipinski definition) is 4. The number of aliphatic hydroxyl groups is 2. The first-order valence-electron chi connectivity index (χ1n) is 6.31. The van der Waals surface area contributed by atoms with Gasteiger partial charge in [0.25, 0.3) is 5.85 Å². The third-order valence-corrected chi connectivity index (χ3v) is 3.67. The van der Waals surface area contributed by atoms with Gasteiger partial charge in [0.1, 0.15) is 12.1 Å². The Balaban J connectivity index is 2.16. The maximum Gasteiger partial charge on any atom is 0.263 e. The van der Waals surface area contributed by atoms with Crippen LogP contribution in [0, 0.1) is 0 Å². The Hall–Kier alpha value is -2.11. The summed E-state index contributed by atoms with van der Waals surface area (Å²) < 4.78 is 35.0. The summed E-state index contributed by atoms with van der Waals surface area (Å²) in [6, 6.07) is 0. The van der Waals surface area contributed by atoms with Gasteiger partial charge >= 0.3 is 0 Å². The molecule has 11 heteroatoms. The van der Waals surface area contributed by atoms with E-state index in [1.54, 1.807) is 0 Å². The number of imidazole rings is 1. The fraction of sp³-hybridized carbons (Fsp3) is 0.545. The molecule has 2 aromatic rings. The summed E-state index contributed by atoms with van der Waals surface area (Å²) in [6.07, 6.45) is -2.71. The lowest BCUT2D eigenvalue weighted by Gasteiger charge is -2.24. The highest BCUT2D eigenvalue weighted by molar-refractivity contribution is 5.82. The molecule has 0 aliphatic carbocycles. The maximum atomic E-state index is 14.8. The summed E-state index contributed by atoms with van der Waals surface area (Å²) in [4.78, 5) is 11.5. The number of rotatable bonds is 2. The number of fused-ring (bicyclic) bond motifs is 1. The molecular weight excluding hydrogens is 302 g/mol. The molecule has 6 N–H and O–H groups in total. The molecule has 2 aromatic heterocycles. The molecule has 0 spiro atoms. The Kier molecular flexibility index (Phi) is 2.99. The number of nitrogens with two attached hydrogens (primary N) is 2. The number of ether oxygens (including phenoxy) is 1. The highest BCUT2D eigenvalue weighted by Crippen LogP contribution is 2.48. The summed E-state index contributed by atoms with van der Waals surface area (Å²) in [7, 11) is 0. The van der Waals surface area contributed by atoms with Gasteiger partial charge in [0.05, 0.1) is 6.33 Å². The Morgan fingerprint density at radius 2 is 2.09 bits per heavy atom. The van der Waals surface area contributed by atoms with Crippen molar-refractivity contribution in [1.29, 1.82) is 0 Å². The average Bonchev–Trinajstić information content (AvgIpc) is 2.93. The first kappa shape index (κ1) is 14.8. The van der Waals surface area contributed by atoms with Gasteiger partial charge in [0, 0.05) is 0 Å². The van der Waals surface area contributed by atoms with Crippen molar-refractivity contribution in [2.24, 2.45) is 0 Å². The molecule has 4 atom stereocenters. The quantitative estimate of drug-likeness (QED) is 0.567. The molecule has 0 radical (unpaired) electrons. The predicted octanol–water partition coefficient (Wildman–Crippen LogP) is -0.733. The molecule has 0 unspecified atom stereocenters. The van der Waals surface area contributed by atoms with Gasteiger partial charge in [-0.05, 0) is 6.92 Å². The van der Waals surface area contributed by atoms with Gasteiger partial charge in [-0.1, -0.05) is 0 Å². The van der Waals surface area contributed by atoms with Crippen LogP contribution in [-0.4, -0.2) is 54.0 Å². The van der Waals surface area contributed by atoms with Crippen LogP contribution in [0.1, 0.15) is 13.2 Å². The lowest BCUT2D eigenvalue weighted by molar-refractivity contribution is -0.206. The van der Waals surface area contributed by atoms with Crippen LogP contribution in [0.2, 0.25) is 0 Å². The van der Waals surface area contributed by atoms with Gasteiger partial charge in [0.15, 0.2) is 29.5 Å². The minimum absolute atomic E-state index is 0.0215. The first-order valence-corrected chi connectivity index (χ1v) is 6.31. The second kappa shape index (κ2) is 4.44. The zero-order valence-electron chi connectivity index (χ0n) is 11.4. The molecule has 0 saturated carbocycles. The monoisotopic (exact) mass is 316 g/mol. The second-order valence-corrected chi connectivity index (χ2v) is 5.26. The van der Waals surface area contributed by atoms with Gasteiger partial charge in [-0.25, -0.2) is 13.8 Å². The van der Waals surface area contributed by atoms with Crippen LogP contribution in [-0.2, 0) is 4.74 Å². The molecule has 22 heavy (non-hydrogen) atoms. The normalized spacial score (nSPS) is 35.3.